The van der Waals surface area contributed by atoms with E-state index in [0.717, 1.165) is 36.1 Å². The monoisotopic (exact) mass is 396 g/mol. The summed E-state index contributed by atoms with van der Waals surface area (Å²) in [5.74, 6) is 0.515. The Morgan fingerprint density at radius 2 is 2.00 bits per heavy atom. The third-order valence-corrected chi connectivity index (χ3v) is 5.34. The first-order valence-electron chi connectivity index (χ1n) is 9.21. The molecule has 1 atom stereocenters. The summed E-state index contributed by atoms with van der Waals surface area (Å²) in [5.41, 5.74) is 8.47. The highest BCUT2D eigenvalue weighted by Gasteiger charge is 2.33. The summed E-state index contributed by atoms with van der Waals surface area (Å²) in [6.45, 7) is 0.653. The van der Waals surface area contributed by atoms with Gasteiger partial charge in [0.15, 0.2) is 5.82 Å². The molecule has 0 unspecified atom stereocenters. The Morgan fingerprint density at radius 1 is 1.21 bits per heavy atom. The maximum Gasteiger partial charge on any atom is 0.290 e. The number of anilines is 1. The van der Waals surface area contributed by atoms with Crippen molar-refractivity contribution in [2.75, 3.05) is 12.3 Å². The van der Waals surface area contributed by atoms with E-state index in [2.05, 4.69) is 15.0 Å². The zero-order valence-corrected chi connectivity index (χ0v) is 16.3. The maximum atomic E-state index is 13.2. The van der Waals surface area contributed by atoms with Gasteiger partial charge >= 0.3 is 0 Å². The molecule has 1 saturated heterocycles. The molecule has 0 aliphatic carbocycles. The van der Waals surface area contributed by atoms with Gasteiger partial charge in [0, 0.05) is 42.8 Å². The molecule has 3 aromatic rings. The van der Waals surface area contributed by atoms with Gasteiger partial charge < -0.3 is 15.2 Å². The zero-order chi connectivity index (χ0) is 19.7. The fraction of sp³-hybridized carbons (Fsp3) is 0.300. The number of carbonyl (C=O) groups excluding carboxylic acids is 1. The Morgan fingerprint density at radius 3 is 2.71 bits per heavy atom. The molecule has 2 aromatic heterocycles. The van der Waals surface area contributed by atoms with Crippen molar-refractivity contribution in [2.24, 2.45) is 7.05 Å². The minimum atomic E-state index is -0.186. The third-order valence-electron chi connectivity index (χ3n) is 5.08. The van der Waals surface area contributed by atoms with Gasteiger partial charge in [-0.3, -0.25) is 4.79 Å². The molecule has 1 amide bonds. The minimum Gasteiger partial charge on any atom is -0.368 e. The van der Waals surface area contributed by atoms with Crippen molar-refractivity contribution in [3.05, 3.63) is 59.4 Å². The van der Waals surface area contributed by atoms with Crippen LogP contribution in [-0.4, -0.2) is 36.9 Å². The van der Waals surface area contributed by atoms with Gasteiger partial charge in [-0.25, -0.2) is 15.0 Å². The maximum absolute atomic E-state index is 13.2. The fourth-order valence-electron chi connectivity index (χ4n) is 3.67. The average Bonchev–Trinajstić information content (AvgIpc) is 3.14. The van der Waals surface area contributed by atoms with Crippen molar-refractivity contribution in [2.45, 2.75) is 25.3 Å². The van der Waals surface area contributed by atoms with Crippen LogP contribution < -0.4 is 5.73 Å². The number of aryl methyl sites for hydroxylation is 1. The molecule has 3 heterocycles. The van der Waals surface area contributed by atoms with Crippen molar-refractivity contribution >= 4 is 23.5 Å². The number of benzene rings is 1. The molecule has 144 valence electrons. The number of imidazole rings is 1. The molecule has 0 radical (unpaired) electrons. The molecule has 4 rings (SSSR count). The number of hydrogen-bond donors (Lipinski definition) is 1. The van der Waals surface area contributed by atoms with Crippen LogP contribution in [0.3, 0.4) is 0 Å². The average molecular weight is 397 g/mol. The summed E-state index contributed by atoms with van der Waals surface area (Å²) in [4.78, 5) is 28.0. The normalized spacial score (nSPS) is 16.9. The van der Waals surface area contributed by atoms with E-state index in [1.54, 1.807) is 23.2 Å². The van der Waals surface area contributed by atoms with E-state index < -0.39 is 0 Å². The second kappa shape index (κ2) is 7.59. The van der Waals surface area contributed by atoms with E-state index in [-0.39, 0.29) is 17.9 Å². The second-order valence-electron chi connectivity index (χ2n) is 6.91. The number of aromatic nitrogens is 4. The predicted octanol–water partition coefficient (Wildman–Crippen LogP) is 3.48. The molecule has 0 bridgehead atoms. The number of nitrogen functional groups attached to an aromatic ring is 1. The molecule has 1 fully saturated rings. The fourth-order valence-corrected chi connectivity index (χ4v) is 3.80. The van der Waals surface area contributed by atoms with Crippen LogP contribution in [0.15, 0.2) is 42.9 Å². The lowest BCUT2D eigenvalue weighted by molar-refractivity contribution is 0.0590. The Bertz CT molecular complexity index is 1000. The summed E-state index contributed by atoms with van der Waals surface area (Å²) in [7, 11) is 1.82. The van der Waals surface area contributed by atoms with Crippen LogP contribution in [0.4, 0.5) is 5.95 Å². The molecule has 1 aromatic carbocycles. The molecular weight excluding hydrogens is 376 g/mol. The number of nitrogens with zero attached hydrogens (tertiary/aromatic N) is 5. The number of hydrogen-bond acceptors (Lipinski definition) is 5. The summed E-state index contributed by atoms with van der Waals surface area (Å²) < 4.78 is 1.74. The van der Waals surface area contributed by atoms with Gasteiger partial charge in [0.25, 0.3) is 5.91 Å². The molecular formula is C20H21ClN6O. The number of halogens is 1. The lowest BCUT2D eigenvalue weighted by atomic mass is 9.93. The number of nitrogens with two attached hydrogens (primary N) is 1. The van der Waals surface area contributed by atoms with Gasteiger partial charge in [-0.15, -0.1) is 0 Å². The van der Waals surface area contributed by atoms with Gasteiger partial charge in [-0.05, 0) is 37.0 Å². The summed E-state index contributed by atoms with van der Waals surface area (Å²) >= 11 is 6.04. The van der Waals surface area contributed by atoms with Crippen molar-refractivity contribution in [3.63, 3.8) is 0 Å². The van der Waals surface area contributed by atoms with Gasteiger partial charge in [0.2, 0.25) is 5.95 Å². The number of carbonyl (C=O) groups is 1. The molecule has 0 spiro atoms. The van der Waals surface area contributed by atoms with Crippen LogP contribution in [0.25, 0.3) is 11.1 Å². The molecule has 1 aliphatic heterocycles. The first-order valence-corrected chi connectivity index (χ1v) is 9.59. The smallest absolute Gasteiger partial charge is 0.290 e. The van der Waals surface area contributed by atoms with Gasteiger partial charge in [0.05, 0.1) is 11.7 Å². The van der Waals surface area contributed by atoms with E-state index in [9.17, 15) is 4.79 Å². The highest BCUT2D eigenvalue weighted by molar-refractivity contribution is 6.30. The van der Waals surface area contributed by atoms with E-state index >= 15 is 0 Å². The molecule has 0 saturated carbocycles. The Kier molecular flexibility index (Phi) is 5.00. The SMILES string of the molecule is Cn1ccnc1C(=O)N1CCCC[C@@H]1c1nc(N)ncc1-c1ccc(Cl)cc1. The topological polar surface area (TPSA) is 89.9 Å². The summed E-state index contributed by atoms with van der Waals surface area (Å²) in [5, 5.41) is 0.658. The van der Waals surface area contributed by atoms with E-state index in [4.69, 9.17) is 17.3 Å². The van der Waals surface area contributed by atoms with Crippen LogP contribution in [0.1, 0.15) is 41.6 Å². The highest BCUT2D eigenvalue weighted by Crippen LogP contribution is 2.36. The minimum absolute atomic E-state index is 0.101. The van der Waals surface area contributed by atoms with Crippen molar-refractivity contribution in [1.82, 2.24) is 24.4 Å². The number of piperidine rings is 1. The number of rotatable bonds is 3. The number of amides is 1. The standard InChI is InChI=1S/C20H21ClN6O/c1-26-11-9-23-18(26)19(28)27-10-3-2-4-16(27)17-15(12-24-20(22)25-17)13-5-7-14(21)8-6-13/h5-9,11-12,16H,2-4,10H2,1H3,(H2,22,24,25)/t16-/m1/s1. The molecule has 8 heteroatoms. The molecule has 2 N–H and O–H groups in total. The molecule has 7 nitrogen and oxygen atoms in total. The van der Waals surface area contributed by atoms with E-state index in [1.165, 1.54) is 0 Å². The zero-order valence-electron chi connectivity index (χ0n) is 15.5. The predicted molar refractivity (Wildman–Crippen MR) is 108 cm³/mol. The third kappa shape index (κ3) is 3.45. The first-order chi connectivity index (χ1) is 13.5. The lowest BCUT2D eigenvalue weighted by Gasteiger charge is -2.36. The van der Waals surface area contributed by atoms with E-state index in [0.29, 0.717) is 17.4 Å². The Balaban J connectivity index is 1.77. The number of likely N-dealkylation sites (tertiary alicyclic amines) is 1. The van der Waals surface area contributed by atoms with Gasteiger partial charge in [-0.1, -0.05) is 23.7 Å². The molecule has 1 aliphatic rings. The van der Waals surface area contributed by atoms with Crippen LogP contribution in [0.5, 0.6) is 0 Å². The van der Waals surface area contributed by atoms with Crippen LogP contribution in [-0.2, 0) is 7.05 Å². The summed E-state index contributed by atoms with van der Waals surface area (Å²) in [6, 6.07) is 7.32. The van der Waals surface area contributed by atoms with Crippen molar-refractivity contribution in [1.29, 1.82) is 0 Å². The van der Waals surface area contributed by atoms with Crippen molar-refractivity contribution < 1.29 is 4.79 Å². The van der Waals surface area contributed by atoms with Crippen molar-refractivity contribution in [3.8, 4) is 11.1 Å². The summed E-state index contributed by atoms with van der Waals surface area (Å²) in [6.07, 6.45) is 7.90. The lowest BCUT2D eigenvalue weighted by Crippen LogP contribution is -2.40. The largest absolute Gasteiger partial charge is 0.368 e. The van der Waals surface area contributed by atoms with Crippen LogP contribution >= 0.6 is 11.6 Å². The quantitative estimate of drug-likeness (QED) is 0.731. The van der Waals surface area contributed by atoms with Gasteiger partial charge in [0.1, 0.15) is 0 Å². The van der Waals surface area contributed by atoms with Gasteiger partial charge in [-0.2, -0.15) is 0 Å². The Hall–Kier alpha value is -2.93. The Labute approximate surface area is 168 Å². The highest BCUT2D eigenvalue weighted by atomic mass is 35.5. The molecule has 28 heavy (non-hydrogen) atoms. The first kappa shape index (κ1) is 18.4. The van der Waals surface area contributed by atoms with Crippen LogP contribution in [0.2, 0.25) is 5.02 Å². The van der Waals surface area contributed by atoms with Crippen LogP contribution in [0, 0.1) is 0 Å². The second-order valence-corrected chi connectivity index (χ2v) is 7.34. The van der Waals surface area contributed by atoms with E-state index in [1.807, 2.05) is 36.2 Å².